The molecule has 0 aromatic heterocycles. The third kappa shape index (κ3) is 5.04. The lowest BCUT2D eigenvalue weighted by Crippen LogP contribution is -2.60. The zero-order valence-electron chi connectivity index (χ0n) is 17.3. The number of nitrogens with one attached hydrogen (secondary N) is 1. The maximum Gasteiger partial charge on any atom is 0.252 e. The van der Waals surface area contributed by atoms with Gasteiger partial charge in [-0.15, -0.1) is 6.58 Å². The second-order valence-electron chi connectivity index (χ2n) is 7.98. The molecule has 1 amide bonds. The smallest absolute Gasteiger partial charge is 0.252 e. The van der Waals surface area contributed by atoms with E-state index in [1.165, 1.54) is 12.1 Å². The summed E-state index contributed by atoms with van der Waals surface area (Å²) < 4.78 is 37.8. The molecule has 3 rings (SSSR count). The fourth-order valence-corrected chi connectivity index (χ4v) is 4.07. The minimum Gasteiger partial charge on any atom is -0.371 e. The minimum atomic E-state index is -1.17. The summed E-state index contributed by atoms with van der Waals surface area (Å²) in [7, 11) is 0. The highest BCUT2D eigenvalue weighted by Gasteiger charge is 2.57. The Labute approximate surface area is 171 Å². The number of ether oxygens (including phenoxy) is 4. The molecule has 0 spiro atoms. The number of amides is 1. The summed E-state index contributed by atoms with van der Waals surface area (Å²) in [5, 5.41) is 2.87. The van der Waals surface area contributed by atoms with E-state index >= 15 is 0 Å². The number of hydrogen-bond donors (Lipinski definition) is 1. The monoisotopic (exact) mass is 407 g/mol. The second kappa shape index (κ2) is 8.92. The van der Waals surface area contributed by atoms with Gasteiger partial charge in [-0.1, -0.05) is 18.2 Å². The predicted octanol–water partition coefficient (Wildman–Crippen LogP) is 3.10. The van der Waals surface area contributed by atoms with Crippen molar-refractivity contribution >= 4 is 5.91 Å². The molecule has 29 heavy (non-hydrogen) atoms. The van der Waals surface area contributed by atoms with E-state index in [0.29, 0.717) is 31.6 Å². The van der Waals surface area contributed by atoms with E-state index in [2.05, 4.69) is 11.9 Å². The third-order valence-electron chi connectivity index (χ3n) is 5.23. The van der Waals surface area contributed by atoms with Crippen LogP contribution in [-0.2, 0) is 30.3 Å². The molecule has 1 aliphatic carbocycles. The summed E-state index contributed by atoms with van der Waals surface area (Å²) in [6, 6.07) is 6.17. The summed E-state index contributed by atoms with van der Waals surface area (Å²) in [5.74, 6) is -1.34. The fraction of sp³-hybridized carbons (Fsp3) is 0.591. The first-order valence-corrected chi connectivity index (χ1v) is 10.0. The van der Waals surface area contributed by atoms with Crippen LogP contribution in [0.25, 0.3) is 0 Å². The van der Waals surface area contributed by atoms with Crippen LogP contribution in [0.1, 0.15) is 39.2 Å². The standard InChI is InChI=1S/C22H30FNO5/c1-5-10-26-17-12-22(20(25)24-6-2,13-18-19(17)29-21(3,4)28-18)27-14-15-8-7-9-16(23)11-15/h5,7-9,11,17-19H,1,6,10,12-14H2,2-4H3,(H,24,25)/t17-,18+,19-,22+/m0/s1. The zero-order valence-corrected chi connectivity index (χ0v) is 17.3. The molecular formula is C22H30FNO5. The van der Waals surface area contributed by atoms with E-state index in [9.17, 15) is 9.18 Å². The van der Waals surface area contributed by atoms with E-state index in [1.54, 1.807) is 18.2 Å². The quantitative estimate of drug-likeness (QED) is 0.671. The maximum atomic E-state index is 13.6. The molecule has 0 radical (unpaired) electrons. The van der Waals surface area contributed by atoms with Crippen molar-refractivity contribution in [1.29, 1.82) is 0 Å². The first-order chi connectivity index (χ1) is 13.8. The summed E-state index contributed by atoms with van der Waals surface area (Å²) in [4.78, 5) is 13.1. The molecule has 4 atom stereocenters. The zero-order chi connectivity index (χ0) is 21.1. The van der Waals surface area contributed by atoms with Gasteiger partial charge in [0.25, 0.3) is 5.91 Å². The minimum absolute atomic E-state index is 0.102. The first kappa shape index (κ1) is 21.9. The van der Waals surface area contributed by atoms with Gasteiger partial charge < -0.3 is 24.3 Å². The Hall–Kier alpha value is -1.80. The molecule has 2 fully saturated rings. The van der Waals surface area contributed by atoms with Crippen LogP contribution in [0.3, 0.4) is 0 Å². The van der Waals surface area contributed by atoms with Crippen molar-refractivity contribution in [3.63, 3.8) is 0 Å². The van der Waals surface area contributed by atoms with Crippen LogP contribution >= 0.6 is 0 Å². The lowest BCUT2D eigenvalue weighted by Gasteiger charge is -2.43. The number of benzene rings is 1. The van der Waals surface area contributed by atoms with E-state index in [0.717, 1.165) is 0 Å². The lowest BCUT2D eigenvalue weighted by atomic mass is 9.78. The van der Waals surface area contributed by atoms with Crippen LogP contribution in [0.4, 0.5) is 4.39 Å². The average Bonchev–Trinajstić information content (AvgIpc) is 2.98. The maximum absolute atomic E-state index is 13.6. The number of rotatable bonds is 8. The van der Waals surface area contributed by atoms with Gasteiger partial charge in [-0.05, 0) is 38.5 Å². The molecule has 1 saturated heterocycles. The van der Waals surface area contributed by atoms with Gasteiger partial charge in [-0.3, -0.25) is 4.79 Å². The van der Waals surface area contributed by atoms with Crippen molar-refractivity contribution in [2.45, 2.75) is 69.9 Å². The SMILES string of the molecule is C=CCO[C@H]1C[C@](OCc2cccc(F)c2)(C(=O)NCC)C[C@H]2OC(C)(C)O[C@@H]12. The molecule has 1 N–H and O–H groups in total. The Morgan fingerprint density at radius 1 is 1.38 bits per heavy atom. The third-order valence-corrected chi connectivity index (χ3v) is 5.23. The van der Waals surface area contributed by atoms with Gasteiger partial charge in [0.2, 0.25) is 0 Å². The largest absolute Gasteiger partial charge is 0.371 e. The van der Waals surface area contributed by atoms with Gasteiger partial charge in [0.1, 0.15) is 11.9 Å². The first-order valence-electron chi connectivity index (χ1n) is 10.0. The number of fused-ring (bicyclic) bond motifs is 1. The van der Waals surface area contributed by atoms with Crippen LogP contribution in [0, 0.1) is 5.82 Å². The molecule has 1 saturated carbocycles. The van der Waals surface area contributed by atoms with E-state index in [-0.39, 0.29) is 30.5 Å². The molecule has 1 aromatic rings. The van der Waals surface area contributed by atoms with E-state index in [4.69, 9.17) is 18.9 Å². The Balaban J connectivity index is 1.87. The highest BCUT2D eigenvalue weighted by Crippen LogP contribution is 2.44. The molecule has 1 aliphatic heterocycles. The highest BCUT2D eigenvalue weighted by molar-refractivity contribution is 5.85. The summed E-state index contributed by atoms with van der Waals surface area (Å²) in [5.41, 5.74) is -0.512. The fourth-order valence-electron chi connectivity index (χ4n) is 4.07. The van der Waals surface area contributed by atoms with Crippen molar-refractivity contribution in [1.82, 2.24) is 5.32 Å². The van der Waals surface area contributed by atoms with Gasteiger partial charge in [-0.2, -0.15) is 0 Å². The van der Waals surface area contributed by atoms with Crippen molar-refractivity contribution in [2.75, 3.05) is 13.2 Å². The molecule has 1 heterocycles. The van der Waals surface area contributed by atoms with E-state index in [1.807, 2.05) is 20.8 Å². The van der Waals surface area contributed by atoms with Gasteiger partial charge in [0.15, 0.2) is 11.4 Å². The Kier molecular flexibility index (Phi) is 6.73. The number of likely N-dealkylation sites (N-methyl/N-ethyl adjacent to an activating group) is 1. The molecule has 6 nitrogen and oxygen atoms in total. The van der Waals surface area contributed by atoms with Crippen molar-refractivity contribution in [3.05, 3.63) is 48.3 Å². The van der Waals surface area contributed by atoms with Gasteiger partial charge in [-0.25, -0.2) is 4.39 Å². The van der Waals surface area contributed by atoms with Crippen molar-refractivity contribution < 1.29 is 28.1 Å². The molecule has 0 bridgehead atoms. The summed E-state index contributed by atoms with van der Waals surface area (Å²) in [6.07, 6.45) is 1.24. The Morgan fingerprint density at radius 2 is 2.17 bits per heavy atom. The molecule has 1 aromatic carbocycles. The van der Waals surface area contributed by atoms with Crippen molar-refractivity contribution in [3.8, 4) is 0 Å². The number of hydrogen-bond acceptors (Lipinski definition) is 5. The Morgan fingerprint density at radius 3 is 2.86 bits per heavy atom. The topological polar surface area (TPSA) is 66.0 Å². The van der Waals surface area contributed by atoms with Gasteiger partial charge in [0, 0.05) is 19.4 Å². The molecule has 0 unspecified atom stereocenters. The van der Waals surface area contributed by atoms with Crippen LogP contribution in [0.15, 0.2) is 36.9 Å². The van der Waals surface area contributed by atoms with Gasteiger partial charge >= 0.3 is 0 Å². The van der Waals surface area contributed by atoms with E-state index < -0.39 is 17.5 Å². The normalized spacial score (nSPS) is 30.6. The second-order valence-corrected chi connectivity index (χ2v) is 7.98. The van der Waals surface area contributed by atoms with Crippen LogP contribution < -0.4 is 5.32 Å². The molecular weight excluding hydrogens is 377 g/mol. The predicted molar refractivity (Wildman–Crippen MR) is 106 cm³/mol. The van der Waals surface area contributed by atoms with Crippen LogP contribution in [-0.4, -0.2) is 48.8 Å². The summed E-state index contributed by atoms with van der Waals surface area (Å²) >= 11 is 0. The average molecular weight is 407 g/mol. The molecule has 160 valence electrons. The Bertz CT molecular complexity index is 740. The summed E-state index contributed by atoms with van der Waals surface area (Å²) in [6.45, 7) is 10.1. The molecule has 2 aliphatic rings. The van der Waals surface area contributed by atoms with Crippen molar-refractivity contribution in [2.24, 2.45) is 0 Å². The number of carbonyl (C=O) groups excluding carboxylic acids is 1. The van der Waals surface area contributed by atoms with Gasteiger partial charge in [0.05, 0.1) is 25.4 Å². The lowest BCUT2D eigenvalue weighted by molar-refractivity contribution is -0.180. The molecule has 7 heteroatoms. The van der Waals surface area contributed by atoms with Crippen LogP contribution in [0.2, 0.25) is 0 Å². The number of halogens is 1. The van der Waals surface area contributed by atoms with Crippen LogP contribution in [0.5, 0.6) is 0 Å². The highest BCUT2D eigenvalue weighted by atomic mass is 19.1. The number of carbonyl (C=O) groups is 1.